The highest BCUT2D eigenvalue weighted by atomic mass is 35.5. The van der Waals surface area contributed by atoms with Crippen LogP contribution in [0.4, 0.5) is 0 Å². The van der Waals surface area contributed by atoms with Gasteiger partial charge in [-0.25, -0.2) is 0 Å². The highest BCUT2D eigenvalue weighted by Crippen LogP contribution is 2.22. The van der Waals surface area contributed by atoms with Crippen molar-refractivity contribution in [2.45, 2.75) is 25.8 Å². The van der Waals surface area contributed by atoms with Crippen LogP contribution < -0.4 is 5.32 Å². The lowest BCUT2D eigenvalue weighted by Crippen LogP contribution is -2.45. The molecule has 3 aromatic rings. The first-order valence-corrected chi connectivity index (χ1v) is 7.95. The van der Waals surface area contributed by atoms with Crippen molar-refractivity contribution in [3.05, 3.63) is 70.9 Å². The summed E-state index contributed by atoms with van der Waals surface area (Å²) in [6.45, 7) is 4.06. The van der Waals surface area contributed by atoms with Gasteiger partial charge in [0, 0.05) is 33.2 Å². The minimum absolute atomic E-state index is 0.0912. The van der Waals surface area contributed by atoms with E-state index in [1.54, 1.807) is 24.3 Å². The molecular weight excluding hydrogens is 308 g/mol. The normalized spacial score (nSPS) is 11.6. The molecule has 2 N–H and O–H groups in total. The van der Waals surface area contributed by atoms with E-state index >= 15 is 0 Å². The third kappa shape index (κ3) is 3.57. The Morgan fingerprint density at radius 1 is 1.13 bits per heavy atom. The number of hydrogen-bond acceptors (Lipinski definition) is 1. The summed E-state index contributed by atoms with van der Waals surface area (Å²) >= 11 is 5.86. The van der Waals surface area contributed by atoms with Gasteiger partial charge in [0.25, 0.3) is 5.91 Å². The summed E-state index contributed by atoms with van der Waals surface area (Å²) in [5.41, 5.74) is 2.56. The summed E-state index contributed by atoms with van der Waals surface area (Å²) in [6.07, 6.45) is 2.76. The Balaban J connectivity index is 1.76. The number of halogens is 1. The molecule has 23 heavy (non-hydrogen) atoms. The van der Waals surface area contributed by atoms with Crippen LogP contribution in [0.25, 0.3) is 10.9 Å². The van der Waals surface area contributed by atoms with Crippen LogP contribution in [0.15, 0.2) is 54.7 Å². The maximum absolute atomic E-state index is 12.4. The lowest BCUT2D eigenvalue weighted by molar-refractivity contribution is 0.0913. The highest BCUT2D eigenvalue weighted by molar-refractivity contribution is 6.30. The molecule has 2 aromatic carbocycles. The van der Waals surface area contributed by atoms with Crippen molar-refractivity contribution in [2.75, 3.05) is 0 Å². The highest BCUT2D eigenvalue weighted by Gasteiger charge is 2.23. The average Bonchev–Trinajstić information content (AvgIpc) is 2.90. The molecule has 0 atom stereocenters. The predicted molar refractivity (Wildman–Crippen MR) is 95.0 cm³/mol. The lowest BCUT2D eigenvalue weighted by Gasteiger charge is -2.26. The number of amides is 1. The van der Waals surface area contributed by atoms with Crippen LogP contribution in [-0.2, 0) is 6.42 Å². The van der Waals surface area contributed by atoms with E-state index in [-0.39, 0.29) is 11.4 Å². The number of hydrogen-bond donors (Lipinski definition) is 2. The molecule has 3 nitrogen and oxygen atoms in total. The molecule has 0 aliphatic rings. The first-order chi connectivity index (χ1) is 10.9. The molecule has 0 radical (unpaired) electrons. The predicted octanol–water partition coefficient (Wildman–Crippen LogP) is 4.57. The Kier molecular flexibility index (Phi) is 4.14. The molecule has 3 rings (SSSR count). The number of aromatic nitrogens is 1. The summed E-state index contributed by atoms with van der Waals surface area (Å²) in [5, 5.41) is 4.92. The average molecular weight is 327 g/mol. The van der Waals surface area contributed by atoms with Crippen molar-refractivity contribution in [3.63, 3.8) is 0 Å². The van der Waals surface area contributed by atoms with Gasteiger partial charge in [-0.05, 0) is 56.2 Å². The summed E-state index contributed by atoms with van der Waals surface area (Å²) in [7, 11) is 0. The molecule has 1 aromatic heterocycles. The number of nitrogens with one attached hydrogen (secondary N) is 2. The molecule has 118 valence electrons. The zero-order chi connectivity index (χ0) is 16.4. The van der Waals surface area contributed by atoms with Crippen molar-refractivity contribution in [1.29, 1.82) is 0 Å². The third-order valence-corrected chi connectivity index (χ3v) is 4.12. The SMILES string of the molecule is CC(C)(Cc1c[nH]c2ccccc12)NC(=O)c1ccc(Cl)cc1. The fourth-order valence-corrected chi connectivity index (χ4v) is 2.90. The zero-order valence-corrected chi connectivity index (χ0v) is 13.9. The minimum Gasteiger partial charge on any atom is -0.361 e. The maximum atomic E-state index is 12.4. The Labute approximate surface area is 140 Å². The number of para-hydroxylation sites is 1. The van der Waals surface area contributed by atoms with Crippen molar-refractivity contribution in [2.24, 2.45) is 0 Å². The molecule has 1 heterocycles. The maximum Gasteiger partial charge on any atom is 0.251 e. The van der Waals surface area contributed by atoms with Crippen molar-refractivity contribution in [1.82, 2.24) is 10.3 Å². The molecule has 0 spiro atoms. The van der Waals surface area contributed by atoms with Crippen LogP contribution in [0.2, 0.25) is 5.02 Å². The molecule has 0 aliphatic heterocycles. The van der Waals surface area contributed by atoms with Crippen molar-refractivity contribution < 1.29 is 4.79 Å². The lowest BCUT2D eigenvalue weighted by atomic mass is 9.94. The largest absolute Gasteiger partial charge is 0.361 e. The van der Waals surface area contributed by atoms with E-state index < -0.39 is 0 Å². The Morgan fingerprint density at radius 3 is 2.57 bits per heavy atom. The Hall–Kier alpha value is -2.26. The standard InChI is InChI=1S/C19H19ClN2O/c1-19(2,22-18(23)13-7-9-15(20)10-8-13)11-14-12-21-17-6-4-3-5-16(14)17/h3-10,12,21H,11H2,1-2H3,(H,22,23). The smallest absolute Gasteiger partial charge is 0.251 e. The summed E-state index contributed by atoms with van der Waals surface area (Å²) in [5.74, 6) is -0.0912. The van der Waals surface area contributed by atoms with Crippen LogP contribution in [0.3, 0.4) is 0 Å². The van der Waals surface area contributed by atoms with E-state index in [9.17, 15) is 4.79 Å². The second kappa shape index (κ2) is 6.09. The number of rotatable bonds is 4. The fourth-order valence-electron chi connectivity index (χ4n) is 2.78. The van der Waals surface area contributed by atoms with Gasteiger partial charge in [0.15, 0.2) is 0 Å². The van der Waals surface area contributed by atoms with E-state index in [4.69, 9.17) is 11.6 Å². The molecule has 0 saturated heterocycles. The molecule has 0 fully saturated rings. The van der Waals surface area contributed by atoms with Crippen LogP contribution in [-0.4, -0.2) is 16.4 Å². The number of benzene rings is 2. The molecule has 1 amide bonds. The van der Waals surface area contributed by atoms with Gasteiger partial charge in [-0.3, -0.25) is 4.79 Å². The van der Waals surface area contributed by atoms with Gasteiger partial charge in [0.1, 0.15) is 0 Å². The second-order valence-electron chi connectivity index (χ2n) is 6.38. The van der Waals surface area contributed by atoms with E-state index in [2.05, 4.69) is 22.4 Å². The number of carbonyl (C=O) groups excluding carboxylic acids is 1. The topological polar surface area (TPSA) is 44.9 Å². The van der Waals surface area contributed by atoms with Gasteiger partial charge in [-0.1, -0.05) is 29.8 Å². The number of carbonyl (C=O) groups is 1. The number of fused-ring (bicyclic) bond motifs is 1. The van der Waals surface area contributed by atoms with E-state index in [1.807, 2.05) is 32.2 Å². The molecule has 0 saturated carbocycles. The molecule has 0 bridgehead atoms. The number of H-pyrrole nitrogens is 1. The van der Waals surface area contributed by atoms with Crippen molar-refractivity contribution in [3.8, 4) is 0 Å². The van der Waals surface area contributed by atoms with Gasteiger partial charge in [-0.15, -0.1) is 0 Å². The van der Waals surface area contributed by atoms with Gasteiger partial charge in [0.2, 0.25) is 0 Å². The van der Waals surface area contributed by atoms with Gasteiger partial charge < -0.3 is 10.3 Å². The van der Waals surface area contributed by atoms with Crippen LogP contribution >= 0.6 is 11.6 Å². The van der Waals surface area contributed by atoms with Gasteiger partial charge >= 0.3 is 0 Å². The molecule has 0 unspecified atom stereocenters. The van der Waals surface area contributed by atoms with E-state index in [1.165, 1.54) is 10.9 Å². The summed E-state index contributed by atoms with van der Waals surface area (Å²) in [4.78, 5) is 15.7. The van der Waals surface area contributed by atoms with Crippen LogP contribution in [0.5, 0.6) is 0 Å². The third-order valence-electron chi connectivity index (χ3n) is 3.87. The monoisotopic (exact) mass is 326 g/mol. The molecule has 4 heteroatoms. The van der Waals surface area contributed by atoms with Crippen LogP contribution in [0.1, 0.15) is 29.8 Å². The molecular formula is C19H19ClN2O. The van der Waals surface area contributed by atoms with Gasteiger partial charge in [0.05, 0.1) is 0 Å². The second-order valence-corrected chi connectivity index (χ2v) is 6.82. The van der Waals surface area contributed by atoms with Gasteiger partial charge in [-0.2, -0.15) is 0 Å². The summed E-state index contributed by atoms with van der Waals surface area (Å²) in [6, 6.07) is 15.1. The van der Waals surface area contributed by atoms with E-state index in [0.717, 1.165) is 11.9 Å². The fraction of sp³-hybridized carbons (Fsp3) is 0.211. The quantitative estimate of drug-likeness (QED) is 0.724. The Morgan fingerprint density at radius 2 is 1.83 bits per heavy atom. The summed E-state index contributed by atoms with van der Waals surface area (Å²) < 4.78 is 0. The Bertz CT molecular complexity index is 834. The number of aromatic amines is 1. The zero-order valence-electron chi connectivity index (χ0n) is 13.2. The van der Waals surface area contributed by atoms with E-state index in [0.29, 0.717) is 10.6 Å². The first-order valence-electron chi connectivity index (χ1n) is 7.58. The van der Waals surface area contributed by atoms with Crippen molar-refractivity contribution >= 4 is 28.4 Å². The minimum atomic E-state index is -0.359. The van der Waals surface area contributed by atoms with Crippen LogP contribution in [0, 0.1) is 0 Å². The first kappa shape index (κ1) is 15.6. The molecule has 0 aliphatic carbocycles.